The van der Waals surface area contributed by atoms with E-state index in [1.807, 2.05) is 0 Å². The molecule has 0 radical (unpaired) electrons. The fourth-order valence-electron chi connectivity index (χ4n) is 10.6. The third-order valence-electron chi connectivity index (χ3n) is 16.7. The molecule has 19 heteroatoms. The van der Waals surface area contributed by atoms with E-state index in [-0.39, 0.29) is 25.7 Å². The number of aliphatic hydroxyl groups is 1. The normalized spacial score (nSPS) is 14.6. The highest BCUT2D eigenvalue weighted by Gasteiger charge is 2.30. The predicted molar refractivity (Wildman–Crippen MR) is 363 cm³/mol. The summed E-state index contributed by atoms with van der Waals surface area (Å²) in [4.78, 5) is 72.6. The maximum atomic E-state index is 13.0. The van der Waals surface area contributed by atoms with Crippen LogP contribution in [0, 0.1) is 23.7 Å². The van der Waals surface area contributed by atoms with Crippen LogP contribution in [0.3, 0.4) is 0 Å². The van der Waals surface area contributed by atoms with Crippen molar-refractivity contribution in [3.05, 3.63) is 0 Å². The highest BCUT2D eigenvalue weighted by Crippen LogP contribution is 2.45. The third-order valence-corrected chi connectivity index (χ3v) is 18.6. The number of phosphoric acid groups is 2. The summed E-state index contributed by atoms with van der Waals surface area (Å²) in [5.41, 5.74) is 0. The molecule has 0 spiro atoms. The van der Waals surface area contributed by atoms with E-state index in [4.69, 9.17) is 37.0 Å². The molecule has 0 aliphatic carbocycles. The van der Waals surface area contributed by atoms with Gasteiger partial charge in [-0.2, -0.15) is 0 Å². The first kappa shape index (κ1) is 88.1. The summed E-state index contributed by atoms with van der Waals surface area (Å²) in [5.74, 6) is 0.872. The topological polar surface area (TPSA) is 237 Å². The van der Waals surface area contributed by atoms with Crippen LogP contribution in [0.15, 0.2) is 0 Å². The van der Waals surface area contributed by atoms with E-state index < -0.39 is 97.5 Å². The summed E-state index contributed by atoms with van der Waals surface area (Å²) in [5, 5.41) is 10.6. The standard InChI is InChI=1S/C71H138O17P2/c1-9-64(8)50-42-34-29-30-36-44-52-69(74)82-58-67(88-70(75)53-45-37-27-21-15-14-18-24-32-40-48-62(4)5)60-86-90(79,80)84-56-65(72)55-83-89(77,78)85-59-66(87-71(76)54-46-38-28-22-16-19-25-33-41-49-63(6)7)57-81-68(73)51-43-35-26-20-13-11-10-12-17-23-31-39-47-61(2)3/h61-67,72H,9-60H2,1-8H3,(H,77,78)(H,79,80)/t64?,65-,66-,67-/m1/s1. The lowest BCUT2D eigenvalue weighted by Gasteiger charge is -2.21. The van der Waals surface area contributed by atoms with Crippen LogP contribution in [0.2, 0.25) is 0 Å². The first-order valence-electron chi connectivity index (χ1n) is 36.7. The molecule has 0 aliphatic rings. The van der Waals surface area contributed by atoms with E-state index in [9.17, 15) is 43.2 Å². The van der Waals surface area contributed by atoms with Gasteiger partial charge < -0.3 is 33.8 Å². The number of phosphoric ester groups is 2. The summed E-state index contributed by atoms with van der Waals surface area (Å²) >= 11 is 0. The van der Waals surface area contributed by atoms with Crippen LogP contribution in [0.1, 0.15) is 351 Å². The quantitative estimate of drug-likeness (QED) is 0.0222. The second-order valence-electron chi connectivity index (χ2n) is 27.3. The minimum atomic E-state index is -4.95. The zero-order valence-electron chi connectivity index (χ0n) is 58.8. The number of aliphatic hydroxyl groups excluding tert-OH is 1. The minimum Gasteiger partial charge on any atom is -0.462 e. The summed E-state index contributed by atoms with van der Waals surface area (Å²) < 4.78 is 68.3. The monoisotopic (exact) mass is 1320 g/mol. The van der Waals surface area contributed by atoms with Crippen molar-refractivity contribution in [2.24, 2.45) is 23.7 Å². The van der Waals surface area contributed by atoms with Crippen LogP contribution < -0.4 is 0 Å². The molecule has 0 amide bonds. The van der Waals surface area contributed by atoms with Crippen molar-refractivity contribution in [3.63, 3.8) is 0 Å². The molecule has 0 aliphatic heterocycles. The molecule has 0 bridgehead atoms. The van der Waals surface area contributed by atoms with Crippen molar-refractivity contribution in [3.8, 4) is 0 Å². The Balaban J connectivity index is 5.26. The second-order valence-corrected chi connectivity index (χ2v) is 30.2. The average molecular weight is 1330 g/mol. The number of hydrogen-bond donors (Lipinski definition) is 3. The molecular formula is C71H138O17P2. The molecule has 0 rings (SSSR count). The maximum Gasteiger partial charge on any atom is 0.472 e. The van der Waals surface area contributed by atoms with Gasteiger partial charge in [0, 0.05) is 25.7 Å². The fourth-order valence-corrected chi connectivity index (χ4v) is 12.2. The van der Waals surface area contributed by atoms with E-state index in [1.165, 1.54) is 148 Å². The first-order chi connectivity index (χ1) is 43.1. The molecule has 0 fully saturated rings. The van der Waals surface area contributed by atoms with E-state index in [2.05, 4.69) is 55.4 Å². The van der Waals surface area contributed by atoms with Gasteiger partial charge in [0.25, 0.3) is 0 Å². The average Bonchev–Trinajstić information content (AvgIpc) is 3.21. The van der Waals surface area contributed by atoms with E-state index in [0.29, 0.717) is 25.7 Å². The van der Waals surface area contributed by atoms with Crippen LogP contribution in [-0.4, -0.2) is 96.7 Å². The largest absolute Gasteiger partial charge is 0.472 e. The highest BCUT2D eigenvalue weighted by atomic mass is 31.2. The summed E-state index contributed by atoms with van der Waals surface area (Å²) in [6.07, 6.45) is 43.1. The molecule has 0 aromatic carbocycles. The van der Waals surface area contributed by atoms with Gasteiger partial charge in [0.2, 0.25) is 0 Å². The van der Waals surface area contributed by atoms with Gasteiger partial charge in [0.05, 0.1) is 26.4 Å². The fraction of sp³-hybridized carbons (Fsp3) is 0.944. The van der Waals surface area contributed by atoms with E-state index >= 15 is 0 Å². The summed E-state index contributed by atoms with van der Waals surface area (Å²) in [6.45, 7) is 14.1. The van der Waals surface area contributed by atoms with Gasteiger partial charge in [-0.1, -0.05) is 299 Å². The van der Waals surface area contributed by atoms with E-state index in [1.54, 1.807) is 0 Å². The van der Waals surface area contributed by atoms with Crippen LogP contribution in [0.5, 0.6) is 0 Å². The Morgan fingerprint density at radius 3 is 0.789 bits per heavy atom. The number of esters is 4. The highest BCUT2D eigenvalue weighted by molar-refractivity contribution is 7.47. The van der Waals surface area contributed by atoms with Crippen molar-refractivity contribution < 1.29 is 80.2 Å². The Bertz CT molecular complexity index is 1780. The van der Waals surface area contributed by atoms with Gasteiger partial charge in [-0.05, 0) is 49.4 Å². The number of unbranched alkanes of at least 4 members (excludes halogenated alkanes) is 33. The Kier molecular flexibility index (Phi) is 59.4. The van der Waals surface area contributed by atoms with Crippen LogP contribution >= 0.6 is 15.6 Å². The van der Waals surface area contributed by atoms with Gasteiger partial charge >= 0.3 is 39.5 Å². The number of hydrogen-bond acceptors (Lipinski definition) is 15. The van der Waals surface area contributed by atoms with E-state index in [0.717, 1.165) is 120 Å². The lowest BCUT2D eigenvalue weighted by molar-refractivity contribution is -0.161. The molecule has 0 aromatic rings. The Hall–Kier alpha value is -1.94. The molecule has 17 nitrogen and oxygen atoms in total. The molecule has 0 saturated heterocycles. The third kappa shape index (κ3) is 63.5. The molecule has 3 N–H and O–H groups in total. The second kappa shape index (κ2) is 60.7. The smallest absolute Gasteiger partial charge is 0.462 e. The van der Waals surface area contributed by atoms with Crippen molar-refractivity contribution in [1.29, 1.82) is 0 Å². The summed E-state index contributed by atoms with van der Waals surface area (Å²) in [6, 6.07) is 0. The molecule has 3 unspecified atom stereocenters. The van der Waals surface area contributed by atoms with Gasteiger partial charge in [0.15, 0.2) is 12.2 Å². The number of carbonyl (C=O) groups is 4. The van der Waals surface area contributed by atoms with Crippen LogP contribution in [0.25, 0.3) is 0 Å². The number of rotatable bonds is 68. The van der Waals surface area contributed by atoms with Crippen molar-refractivity contribution in [2.45, 2.75) is 369 Å². The molecule has 0 saturated carbocycles. The lowest BCUT2D eigenvalue weighted by Crippen LogP contribution is -2.30. The molecular weight excluding hydrogens is 1190 g/mol. The Labute approximate surface area is 549 Å². The zero-order chi connectivity index (χ0) is 66.8. The Morgan fingerprint density at radius 2 is 0.533 bits per heavy atom. The van der Waals surface area contributed by atoms with Crippen LogP contribution in [0.4, 0.5) is 0 Å². The van der Waals surface area contributed by atoms with Gasteiger partial charge in [-0.15, -0.1) is 0 Å². The van der Waals surface area contributed by atoms with Crippen molar-refractivity contribution >= 4 is 39.5 Å². The SMILES string of the molecule is CCC(C)CCCCCCCCC(=O)OC[C@H](COP(=O)(O)OC[C@H](O)COP(=O)(O)OC[C@@H](COC(=O)CCCCCCCCCCCCCCC(C)C)OC(=O)CCCCCCCCCCCC(C)C)OC(=O)CCCCCCCCCCCCC(C)C. The molecule has 0 aromatic heterocycles. The van der Waals surface area contributed by atoms with Gasteiger partial charge in [-0.3, -0.25) is 37.3 Å². The van der Waals surface area contributed by atoms with Crippen LogP contribution in [-0.2, 0) is 65.4 Å². The maximum absolute atomic E-state index is 13.0. The lowest BCUT2D eigenvalue weighted by atomic mass is 10.00. The number of ether oxygens (including phenoxy) is 4. The summed E-state index contributed by atoms with van der Waals surface area (Å²) in [7, 11) is -9.90. The zero-order valence-corrected chi connectivity index (χ0v) is 60.6. The number of carbonyl (C=O) groups excluding carboxylic acids is 4. The first-order valence-corrected chi connectivity index (χ1v) is 39.7. The molecule has 6 atom stereocenters. The molecule has 0 heterocycles. The van der Waals surface area contributed by atoms with Crippen molar-refractivity contribution in [1.82, 2.24) is 0 Å². The van der Waals surface area contributed by atoms with Crippen molar-refractivity contribution in [2.75, 3.05) is 39.6 Å². The van der Waals surface area contributed by atoms with Gasteiger partial charge in [0.1, 0.15) is 19.3 Å². The predicted octanol–water partition coefficient (Wildman–Crippen LogP) is 20.1. The van der Waals surface area contributed by atoms with Gasteiger partial charge in [-0.25, -0.2) is 9.13 Å². The Morgan fingerprint density at radius 1 is 0.311 bits per heavy atom. The minimum absolute atomic E-state index is 0.104. The molecule has 534 valence electrons. The molecule has 90 heavy (non-hydrogen) atoms.